The maximum Gasteiger partial charge on any atom is 0.192 e. The Balaban J connectivity index is 2.19. The van der Waals surface area contributed by atoms with E-state index in [2.05, 4.69) is 54.3 Å². The summed E-state index contributed by atoms with van der Waals surface area (Å²) in [5.41, 5.74) is -0.990. The fraction of sp³-hybridized carbons (Fsp3) is 0.840. The molecule has 0 spiro atoms. The third-order valence-corrected chi connectivity index (χ3v) is 14.2. The summed E-state index contributed by atoms with van der Waals surface area (Å²) in [5.74, 6) is 0.983. The molecular formula is C25H42O3Si. The third kappa shape index (κ3) is 3.33. The van der Waals surface area contributed by atoms with Crippen molar-refractivity contribution < 1.29 is 14.0 Å². The lowest BCUT2D eigenvalue weighted by Gasteiger charge is -2.60. The highest BCUT2D eigenvalue weighted by Gasteiger charge is 2.66. The molecule has 2 bridgehead atoms. The van der Waals surface area contributed by atoms with Gasteiger partial charge in [0.2, 0.25) is 0 Å². The fourth-order valence-corrected chi connectivity index (χ4v) is 7.70. The van der Waals surface area contributed by atoms with E-state index in [4.69, 9.17) is 4.43 Å². The van der Waals surface area contributed by atoms with Gasteiger partial charge in [-0.1, -0.05) is 40.7 Å². The van der Waals surface area contributed by atoms with Gasteiger partial charge in [-0.25, -0.2) is 0 Å². The Morgan fingerprint density at radius 3 is 2.34 bits per heavy atom. The second-order valence-corrected chi connectivity index (χ2v) is 17.1. The van der Waals surface area contributed by atoms with Crippen molar-refractivity contribution in [3.8, 4) is 0 Å². The molecule has 0 aromatic carbocycles. The number of allylic oxidation sites excluding steroid dienone is 1. The van der Waals surface area contributed by atoms with Crippen LogP contribution in [0.25, 0.3) is 0 Å². The van der Waals surface area contributed by atoms with Gasteiger partial charge in [0.15, 0.2) is 8.32 Å². The molecule has 0 aromatic rings. The van der Waals surface area contributed by atoms with Crippen LogP contribution in [-0.4, -0.2) is 26.0 Å². The van der Waals surface area contributed by atoms with Crippen LogP contribution in [0.4, 0.5) is 0 Å². The SMILES string of the molecule is C=C[C@]1(C)C[C@@H](O[Si](C)(C)C(C)(C)C)C2(C)C(C)CCC3(CCC(=O)C32)CC1=O. The Labute approximate surface area is 179 Å². The zero-order chi connectivity index (χ0) is 22.0. The molecule has 0 aliphatic heterocycles. The van der Waals surface area contributed by atoms with Gasteiger partial charge >= 0.3 is 0 Å². The number of carbonyl (C=O) groups is 2. The van der Waals surface area contributed by atoms with Crippen molar-refractivity contribution in [2.45, 2.75) is 104 Å². The van der Waals surface area contributed by atoms with E-state index in [9.17, 15) is 9.59 Å². The maximum atomic E-state index is 13.5. The average Bonchev–Trinajstić information content (AvgIpc) is 2.93. The molecule has 4 heteroatoms. The van der Waals surface area contributed by atoms with Crippen molar-refractivity contribution in [3.05, 3.63) is 12.7 Å². The fourth-order valence-electron chi connectivity index (χ4n) is 6.30. The predicted molar refractivity (Wildman–Crippen MR) is 121 cm³/mol. The number of hydrogen-bond donors (Lipinski definition) is 0. The molecule has 3 fully saturated rings. The van der Waals surface area contributed by atoms with Crippen LogP contribution in [0.1, 0.15) is 80.1 Å². The number of ketones is 2. The average molecular weight is 419 g/mol. The molecule has 0 N–H and O–H groups in total. The molecule has 6 atom stereocenters. The van der Waals surface area contributed by atoms with Crippen LogP contribution in [-0.2, 0) is 14.0 Å². The topological polar surface area (TPSA) is 43.4 Å². The quantitative estimate of drug-likeness (QED) is 0.397. The summed E-state index contributed by atoms with van der Waals surface area (Å²) < 4.78 is 7.12. The molecule has 3 rings (SSSR count). The molecule has 0 radical (unpaired) electrons. The van der Waals surface area contributed by atoms with Crippen LogP contribution in [0, 0.1) is 28.1 Å². The highest BCUT2D eigenvalue weighted by molar-refractivity contribution is 6.74. The second kappa shape index (κ2) is 6.88. The molecule has 3 saturated carbocycles. The van der Waals surface area contributed by atoms with Crippen LogP contribution in [0.15, 0.2) is 12.7 Å². The van der Waals surface area contributed by atoms with E-state index in [0.29, 0.717) is 31.0 Å². The zero-order valence-electron chi connectivity index (χ0n) is 20.0. The van der Waals surface area contributed by atoms with Crippen molar-refractivity contribution >= 4 is 19.9 Å². The lowest BCUT2D eigenvalue weighted by atomic mass is 9.46. The Hall–Kier alpha value is -0.743. The van der Waals surface area contributed by atoms with Crippen LogP contribution >= 0.6 is 0 Å². The molecule has 3 aliphatic rings. The molecule has 4 unspecified atom stereocenters. The van der Waals surface area contributed by atoms with Gasteiger partial charge in [-0.2, -0.15) is 0 Å². The number of carbonyl (C=O) groups excluding carboxylic acids is 2. The van der Waals surface area contributed by atoms with Crippen molar-refractivity contribution in [1.82, 2.24) is 0 Å². The van der Waals surface area contributed by atoms with Crippen LogP contribution in [0.2, 0.25) is 18.1 Å². The monoisotopic (exact) mass is 418 g/mol. The molecule has 0 aromatic heterocycles. The predicted octanol–water partition coefficient (Wildman–Crippen LogP) is 6.33. The lowest BCUT2D eigenvalue weighted by molar-refractivity contribution is -0.163. The van der Waals surface area contributed by atoms with E-state index in [-0.39, 0.29) is 33.7 Å². The standard InChI is InChI=1S/C25H42O3Si/c1-10-23(6)16-20(28-29(8,9)22(3,4)5)24(7)17(2)11-13-25(15-19(23)27)14-12-18(26)21(24)25/h10,17,20-21H,1,11-16H2,2-9H3/t17?,20-,21?,23-,24?,25?/m1/s1. The normalized spacial score (nSPS) is 43.5. The summed E-state index contributed by atoms with van der Waals surface area (Å²) in [4.78, 5) is 26.8. The Kier molecular flexibility index (Phi) is 5.44. The van der Waals surface area contributed by atoms with Crippen LogP contribution in [0.3, 0.4) is 0 Å². The molecule has 164 valence electrons. The summed E-state index contributed by atoms with van der Waals surface area (Å²) in [6, 6.07) is 0. The van der Waals surface area contributed by atoms with Crippen LogP contribution < -0.4 is 0 Å². The zero-order valence-corrected chi connectivity index (χ0v) is 21.0. The van der Waals surface area contributed by atoms with Crippen LogP contribution in [0.5, 0.6) is 0 Å². The minimum absolute atomic E-state index is 0.0492. The number of rotatable bonds is 3. The highest BCUT2D eigenvalue weighted by atomic mass is 28.4. The Morgan fingerprint density at radius 2 is 1.79 bits per heavy atom. The minimum Gasteiger partial charge on any atom is -0.413 e. The van der Waals surface area contributed by atoms with Gasteiger partial charge in [0.25, 0.3) is 0 Å². The highest BCUT2D eigenvalue weighted by Crippen LogP contribution is 2.66. The summed E-state index contributed by atoms with van der Waals surface area (Å²) in [6.07, 6.45) is 6.49. The minimum atomic E-state index is -2.09. The molecular weight excluding hydrogens is 376 g/mol. The van der Waals surface area contributed by atoms with Crippen molar-refractivity contribution in [1.29, 1.82) is 0 Å². The van der Waals surface area contributed by atoms with E-state index < -0.39 is 13.7 Å². The van der Waals surface area contributed by atoms with Crippen molar-refractivity contribution in [3.63, 3.8) is 0 Å². The van der Waals surface area contributed by atoms with Gasteiger partial charge in [-0.05, 0) is 62.1 Å². The first-order valence-electron chi connectivity index (χ1n) is 11.5. The number of Topliss-reactive ketones (excluding diaryl/α,β-unsaturated/α-hetero) is 2. The van der Waals surface area contributed by atoms with E-state index in [1.54, 1.807) is 0 Å². The summed E-state index contributed by atoms with van der Waals surface area (Å²) in [7, 11) is -2.09. The van der Waals surface area contributed by atoms with Gasteiger partial charge in [0, 0.05) is 29.6 Å². The summed E-state index contributed by atoms with van der Waals surface area (Å²) >= 11 is 0. The van der Waals surface area contributed by atoms with Gasteiger partial charge in [0.1, 0.15) is 11.6 Å². The first-order chi connectivity index (χ1) is 13.1. The molecule has 0 amide bonds. The second-order valence-electron chi connectivity index (χ2n) is 12.4. The van der Waals surface area contributed by atoms with E-state index >= 15 is 0 Å². The van der Waals surface area contributed by atoms with Gasteiger partial charge in [0.05, 0.1) is 6.10 Å². The van der Waals surface area contributed by atoms with E-state index in [0.717, 1.165) is 19.3 Å². The van der Waals surface area contributed by atoms with Gasteiger partial charge in [-0.3, -0.25) is 9.59 Å². The lowest BCUT2D eigenvalue weighted by Crippen LogP contribution is -2.61. The molecule has 29 heavy (non-hydrogen) atoms. The summed E-state index contributed by atoms with van der Waals surface area (Å²) in [6.45, 7) is 22.1. The molecule has 0 saturated heterocycles. The largest absolute Gasteiger partial charge is 0.413 e. The molecule has 0 heterocycles. The van der Waals surface area contributed by atoms with Crippen molar-refractivity contribution in [2.24, 2.45) is 28.1 Å². The third-order valence-electron chi connectivity index (χ3n) is 9.71. The van der Waals surface area contributed by atoms with Gasteiger partial charge in [-0.15, -0.1) is 6.58 Å². The molecule has 3 aliphatic carbocycles. The Morgan fingerprint density at radius 1 is 1.17 bits per heavy atom. The number of hydrogen-bond acceptors (Lipinski definition) is 3. The van der Waals surface area contributed by atoms with Crippen molar-refractivity contribution in [2.75, 3.05) is 0 Å². The summed E-state index contributed by atoms with van der Waals surface area (Å²) in [5, 5.41) is 0.0784. The first-order valence-corrected chi connectivity index (χ1v) is 14.4. The smallest absolute Gasteiger partial charge is 0.192 e. The molecule has 3 nitrogen and oxygen atoms in total. The first kappa shape index (κ1) is 22.9. The van der Waals surface area contributed by atoms with E-state index in [1.807, 2.05) is 13.0 Å². The van der Waals surface area contributed by atoms with E-state index in [1.165, 1.54) is 0 Å². The van der Waals surface area contributed by atoms with Gasteiger partial charge < -0.3 is 4.43 Å². The maximum absolute atomic E-state index is 13.5. The Bertz CT molecular complexity index is 720.